The number of benzene rings is 1. The van der Waals surface area contributed by atoms with Crippen molar-refractivity contribution in [3.8, 4) is 0 Å². The molecule has 0 atom stereocenters. The third-order valence-corrected chi connectivity index (χ3v) is 4.65. The van der Waals surface area contributed by atoms with Crippen molar-refractivity contribution in [1.82, 2.24) is 9.88 Å². The molecule has 4 rings (SSSR count). The average Bonchev–Trinajstić information content (AvgIpc) is 3.05. The Kier molecular flexibility index (Phi) is 3.86. The number of rotatable bonds is 2. The van der Waals surface area contributed by atoms with E-state index in [-0.39, 0.29) is 5.91 Å². The van der Waals surface area contributed by atoms with Crippen LogP contribution in [0.3, 0.4) is 0 Å². The molecule has 6 heteroatoms. The van der Waals surface area contributed by atoms with Gasteiger partial charge in [0.2, 0.25) is 0 Å². The molecule has 1 aromatic carbocycles. The molecule has 0 bridgehead atoms. The number of nitrogens with one attached hydrogen (secondary N) is 2. The fraction of sp³-hybridized carbons (Fsp3) is 0.222. The number of hydrogen-bond acceptors (Lipinski definition) is 2. The van der Waals surface area contributed by atoms with E-state index in [1.165, 1.54) is 0 Å². The van der Waals surface area contributed by atoms with E-state index in [0.29, 0.717) is 23.8 Å². The monoisotopic (exact) mass is 341 g/mol. The van der Waals surface area contributed by atoms with Crippen LogP contribution in [0, 0.1) is 0 Å². The molecule has 24 heavy (non-hydrogen) atoms. The number of carbonyl (C=O) groups excluding carboxylic acids is 1. The summed E-state index contributed by atoms with van der Waals surface area (Å²) < 4.78 is 0. The number of amides is 1. The Morgan fingerprint density at radius 1 is 1.08 bits per heavy atom. The molecule has 1 aliphatic rings. The fourth-order valence-electron chi connectivity index (χ4n) is 3.12. The minimum absolute atomic E-state index is 0.0408. The highest BCUT2D eigenvalue weighted by atomic mass is 35.5. The molecule has 0 saturated carbocycles. The molecule has 3 heterocycles. The minimum Gasteiger partial charge on any atom is -0.351 e. The summed E-state index contributed by atoms with van der Waals surface area (Å²) in [6.45, 7) is 3.05. The number of aromatic nitrogens is 2. The van der Waals surface area contributed by atoms with Gasteiger partial charge in [-0.25, -0.2) is 4.98 Å². The molecular formula is C18H18ClN4O+. The van der Waals surface area contributed by atoms with Crippen molar-refractivity contribution < 1.29 is 9.78 Å². The van der Waals surface area contributed by atoms with E-state index in [2.05, 4.69) is 20.9 Å². The van der Waals surface area contributed by atoms with Crippen LogP contribution in [0.4, 0.5) is 5.82 Å². The number of halogens is 1. The molecule has 2 N–H and O–H groups in total. The summed E-state index contributed by atoms with van der Waals surface area (Å²) in [5.74, 6) is 1.13. The van der Waals surface area contributed by atoms with Gasteiger partial charge < -0.3 is 9.88 Å². The number of carbonyl (C=O) groups is 1. The number of anilines is 1. The largest absolute Gasteiger partial charge is 0.351 e. The first-order chi connectivity index (χ1) is 11.7. The third kappa shape index (κ3) is 2.83. The second-order valence-electron chi connectivity index (χ2n) is 5.94. The molecule has 1 fully saturated rings. The van der Waals surface area contributed by atoms with E-state index in [9.17, 15) is 4.79 Å². The van der Waals surface area contributed by atoms with Gasteiger partial charge in [-0.2, -0.15) is 0 Å². The van der Waals surface area contributed by atoms with Crippen LogP contribution in [0.15, 0.2) is 48.7 Å². The first-order valence-electron chi connectivity index (χ1n) is 8.00. The zero-order valence-electron chi connectivity index (χ0n) is 13.1. The lowest BCUT2D eigenvalue weighted by Gasteiger charge is -2.30. The van der Waals surface area contributed by atoms with E-state index >= 15 is 0 Å². The van der Waals surface area contributed by atoms with Gasteiger partial charge in [0.05, 0.1) is 19.3 Å². The van der Waals surface area contributed by atoms with Gasteiger partial charge in [-0.1, -0.05) is 17.7 Å². The molecule has 122 valence electrons. The van der Waals surface area contributed by atoms with Crippen molar-refractivity contribution in [2.24, 2.45) is 0 Å². The lowest BCUT2D eigenvalue weighted by Crippen LogP contribution is -2.50. The van der Waals surface area contributed by atoms with E-state index in [0.717, 1.165) is 29.8 Å². The summed E-state index contributed by atoms with van der Waals surface area (Å²) in [6, 6.07) is 13.5. The molecule has 2 aromatic heterocycles. The van der Waals surface area contributed by atoms with E-state index < -0.39 is 0 Å². The highest BCUT2D eigenvalue weighted by molar-refractivity contribution is 6.31. The van der Waals surface area contributed by atoms with E-state index in [1.807, 2.05) is 47.5 Å². The van der Waals surface area contributed by atoms with Gasteiger partial charge in [0, 0.05) is 22.0 Å². The smallest absolute Gasteiger partial charge is 0.274 e. The zero-order chi connectivity index (χ0) is 16.5. The van der Waals surface area contributed by atoms with Crippen LogP contribution < -0.4 is 9.88 Å². The van der Waals surface area contributed by atoms with Crippen molar-refractivity contribution in [3.05, 3.63) is 59.4 Å². The molecule has 1 aliphatic heterocycles. The first-order valence-corrected chi connectivity index (χ1v) is 8.38. The van der Waals surface area contributed by atoms with Crippen molar-refractivity contribution in [1.29, 1.82) is 0 Å². The van der Waals surface area contributed by atoms with Gasteiger partial charge in [-0.15, -0.1) is 0 Å². The molecular weight excluding hydrogens is 324 g/mol. The average molecular weight is 342 g/mol. The lowest BCUT2D eigenvalue weighted by molar-refractivity contribution is -0.364. The second-order valence-corrected chi connectivity index (χ2v) is 6.38. The summed E-state index contributed by atoms with van der Waals surface area (Å²) in [6.07, 6.45) is 1.92. The van der Waals surface area contributed by atoms with Crippen LogP contribution in [0.5, 0.6) is 0 Å². The summed E-state index contributed by atoms with van der Waals surface area (Å²) in [7, 11) is 0. The van der Waals surface area contributed by atoms with E-state index in [4.69, 9.17) is 11.6 Å². The molecule has 5 nitrogen and oxygen atoms in total. The molecule has 0 aliphatic carbocycles. The van der Waals surface area contributed by atoms with Crippen LogP contribution in [-0.2, 0) is 0 Å². The second kappa shape index (κ2) is 6.17. The standard InChI is InChI=1S/C18H17ClN4O/c19-14-4-5-15-13(11-14)12-16(21-15)18(24)23-9-7-22(8-10-23)17-3-1-2-6-20-17/h1-6,11-12,21H,7-10H2/p+1. The summed E-state index contributed by atoms with van der Waals surface area (Å²) in [5, 5.41) is 1.64. The number of hydrogen-bond donors (Lipinski definition) is 1. The lowest BCUT2D eigenvalue weighted by atomic mass is 10.2. The number of piperazine rings is 1. The maximum atomic E-state index is 12.7. The van der Waals surface area contributed by atoms with E-state index in [1.54, 1.807) is 0 Å². The Hall–Kier alpha value is -2.53. The summed E-state index contributed by atoms with van der Waals surface area (Å²) in [4.78, 5) is 23.3. The number of fused-ring (bicyclic) bond motifs is 1. The van der Waals surface area contributed by atoms with Crippen molar-refractivity contribution in [2.75, 3.05) is 31.1 Å². The Bertz CT molecular complexity index is 869. The number of pyridine rings is 1. The third-order valence-electron chi connectivity index (χ3n) is 4.41. The van der Waals surface area contributed by atoms with Crippen LogP contribution in [-0.4, -0.2) is 42.0 Å². The van der Waals surface area contributed by atoms with Gasteiger partial charge >= 0.3 is 0 Å². The van der Waals surface area contributed by atoms with Crippen LogP contribution in [0.25, 0.3) is 10.9 Å². The molecule has 0 unspecified atom stereocenters. The van der Waals surface area contributed by atoms with Crippen molar-refractivity contribution in [2.45, 2.75) is 0 Å². The number of aromatic amines is 2. The molecule has 1 saturated heterocycles. The molecule has 3 aromatic rings. The van der Waals surface area contributed by atoms with Crippen LogP contribution >= 0.6 is 11.6 Å². The van der Waals surface area contributed by atoms with Gasteiger partial charge in [0.25, 0.3) is 11.7 Å². The highest BCUT2D eigenvalue weighted by Gasteiger charge is 2.27. The van der Waals surface area contributed by atoms with Gasteiger partial charge in [-0.05, 0) is 30.3 Å². The maximum absolute atomic E-state index is 12.7. The predicted molar refractivity (Wildman–Crippen MR) is 94.4 cm³/mol. The van der Waals surface area contributed by atoms with Crippen molar-refractivity contribution >= 4 is 34.2 Å². The van der Waals surface area contributed by atoms with Gasteiger partial charge in [0.15, 0.2) is 0 Å². The highest BCUT2D eigenvalue weighted by Crippen LogP contribution is 2.21. The fourth-order valence-corrected chi connectivity index (χ4v) is 3.30. The quantitative estimate of drug-likeness (QED) is 0.779. The maximum Gasteiger partial charge on any atom is 0.274 e. The van der Waals surface area contributed by atoms with Crippen LogP contribution in [0.2, 0.25) is 5.02 Å². The Balaban J connectivity index is 1.47. The Morgan fingerprint density at radius 2 is 1.92 bits per heavy atom. The normalized spacial score (nSPS) is 15.0. The number of nitrogens with zero attached hydrogens (tertiary/aromatic N) is 2. The molecule has 0 radical (unpaired) electrons. The minimum atomic E-state index is 0.0408. The SMILES string of the molecule is O=C(c1cc2cc(Cl)ccc2[nH]1)N1CCN(c2cccc[nH+]2)CC1. The topological polar surface area (TPSA) is 53.5 Å². The Morgan fingerprint density at radius 3 is 2.67 bits per heavy atom. The summed E-state index contributed by atoms with van der Waals surface area (Å²) >= 11 is 6.01. The predicted octanol–water partition coefficient (Wildman–Crippen LogP) is 2.60. The zero-order valence-corrected chi connectivity index (χ0v) is 13.9. The molecule has 1 amide bonds. The Labute approximate surface area is 144 Å². The molecule has 0 spiro atoms. The van der Waals surface area contributed by atoms with Crippen LogP contribution in [0.1, 0.15) is 10.5 Å². The first kappa shape index (κ1) is 15.0. The van der Waals surface area contributed by atoms with Gasteiger partial charge in [-0.3, -0.25) is 9.69 Å². The number of H-pyrrole nitrogens is 2. The van der Waals surface area contributed by atoms with Gasteiger partial charge in [0.1, 0.15) is 18.8 Å². The summed E-state index contributed by atoms with van der Waals surface area (Å²) in [5.41, 5.74) is 1.55. The van der Waals surface area contributed by atoms with Crippen molar-refractivity contribution in [3.63, 3.8) is 0 Å².